The quantitative estimate of drug-likeness (QED) is 0.558. The number of likely N-dealkylation sites (tertiary alicyclic amines) is 1. The van der Waals surface area contributed by atoms with Gasteiger partial charge in [0.05, 0.1) is 0 Å². The topological polar surface area (TPSA) is 60.0 Å². The maximum Gasteiger partial charge on any atom is 0.243 e. The van der Waals surface area contributed by atoms with Crippen LogP contribution < -0.4 is 10.6 Å². The van der Waals surface area contributed by atoms with Gasteiger partial charge in [0.2, 0.25) is 5.91 Å². The lowest BCUT2D eigenvalue weighted by Gasteiger charge is -2.24. The van der Waals surface area contributed by atoms with Crippen LogP contribution in [0.2, 0.25) is 0 Å². The minimum absolute atomic E-state index is 0.0446. The van der Waals surface area contributed by atoms with Crippen molar-refractivity contribution in [2.45, 2.75) is 76.4 Å². The van der Waals surface area contributed by atoms with Gasteiger partial charge in [-0.15, -0.1) is 0 Å². The molecule has 6 nitrogen and oxygen atoms in total. The highest BCUT2D eigenvalue weighted by molar-refractivity contribution is 5.85. The zero-order chi connectivity index (χ0) is 18.5. The maximum absolute atomic E-state index is 11.9. The summed E-state index contributed by atoms with van der Waals surface area (Å²) in [6, 6.07) is 1.88. The van der Waals surface area contributed by atoms with Gasteiger partial charge in [0.1, 0.15) is 6.54 Å². The van der Waals surface area contributed by atoms with Crippen molar-refractivity contribution in [3.8, 4) is 0 Å². The van der Waals surface area contributed by atoms with Gasteiger partial charge in [-0.2, -0.15) is 0 Å². The standard InChI is InChI=1S/C20H37N5O/c1-15-11-17(14-25(15)18-9-10-18)23-20(22-13-19(26)24(2)3)21-12-16-7-5-4-6-8-16/h15-18H,4-14H2,1-3H3,(H2,21,22,23). The third kappa shape index (κ3) is 5.60. The van der Waals surface area contributed by atoms with Crippen LogP contribution >= 0.6 is 0 Å². The average Bonchev–Trinajstić information content (AvgIpc) is 3.41. The van der Waals surface area contributed by atoms with Crippen molar-refractivity contribution in [3.63, 3.8) is 0 Å². The molecule has 2 unspecified atom stereocenters. The first-order chi connectivity index (χ1) is 12.5. The Morgan fingerprint density at radius 3 is 2.54 bits per heavy atom. The summed E-state index contributed by atoms with van der Waals surface area (Å²) in [5.74, 6) is 1.61. The largest absolute Gasteiger partial charge is 0.356 e. The smallest absolute Gasteiger partial charge is 0.243 e. The molecule has 2 atom stereocenters. The fraction of sp³-hybridized carbons (Fsp3) is 0.900. The first kappa shape index (κ1) is 19.5. The van der Waals surface area contributed by atoms with Crippen LogP contribution in [0.3, 0.4) is 0 Å². The first-order valence-electron chi connectivity index (χ1n) is 10.5. The second-order valence-corrected chi connectivity index (χ2v) is 8.69. The van der Waals surface area contributed by atoms with E-state index in [9.17, 15) is 4.79 Å². The summed E-state index contributed by atoms with van der Waals surface area (Å²) in [4.78, 5) is 20.8. The third-order valence-corrected chi connectivity index (χ3v) is 6.13. The molecule has 3 aliphatic rings. The molecule has 148 valence electrons. The van der Waals surface area contributed by atoms with E-state index in [2.05, 4.69) is 27.4 Å². The van der Waals surface area contributed by atoms with Crippen molar-refractivity contribution < 1.29 is 4.79 Å². The summed E-state index contributed by atoms with van der Waals surface area (Å²) in [6.45, 7) is 4.61. The monoisotopic (exact) mass is 363 g/mol. The Hall–Kier alpha value is -1.30. The Labute approximate surface area is 158 Å². The highest BCUT2D eigenvalue weighted by Gasteiger charge is 2.39. The zero-order valence-electron chi connectivity index (χ0n) is 16.8. The molecule has 2 N–H and O–H groups in total. The minimum atomic E-state index is 0.0446. The predicted molar refractivity (Wildman–Crippen MR) is 106 cm³/mol. The van der Waals surface area contributed by atoms with Crippen LogP contribution in [0.5, 0.6) is 0 Å². The van der Waals surface area contributed by atoms with Crippen LogP contribution in [0.15, 0.2) is 4.99 Å². The Morgan fingerprint density at radius 1 is 1.15 bits per heavy atom. The normalized spacial score (nSPS) is 28.2. The van der Waals surface area contributed by atoms with Gasteiger partial charge in [0.25, 0.3) is 0 Å². The lowest BCUT2D eigenvalue weighted by atomic mass is 9.89. The summed E-state index contributed by atoms with van der Waals surface area (Å²) in [5.41, 5.74) is 0. The van der Waals surface area contributed by atoms with Crippen molar-refractivity contribution in [3.05, 3.63) is 0 Å². The number of carbonyl (C=O) groups is 1. The van der Waals surface area contributed by atoms with E-state index in [0.29, 0.717) is 12.1 Å². The molecule has 0 bridgehead atoms. The van der Waals surface area contributed by atoms with E-state index in [4.69, 9.17) is 0 Å². The van der Waals surface area contributed by atoms with Gasteiger partial charge >= 0.3 is 0 Å². The van der Waals surface area contributed by atoms with Crippen molar-refractivity contribution in [1.29, 1.82) is 0 Å². The number of hydrogen-bond donors (Lipinski definition) is 2. The van der Waals surface area contributed by atoms with E-state index in [1.54, 1.807) is 19.0 Å². The highest BCUT2D eigenvalue weighted by Crippen LogP contribution is 2.33. The lowest BCUT2D eigenvalue weighted by Crippen LogP contribution is -2.46. The number of aliphatic imine (C=N–C) groups is 1. The molecule has 3 rings (SSSR count). The van der Waals surface area contributed by atoms with Crippen molar-refractivity contribution in [1.82, 2.24) is 20.4 Å². The summed E-state index contributed by atoms with van der Waals surface area (Å²) >= 11 is 0. The molecule has 2 saturated carbocycles. The van der Waals surface area contributed by atoms with Crippen molar-refractivity contribution >= 4 is 11.9 Å². The summed E-state index contributed by atoms with van der Waals surface area (Å²) in [5, 5.41) is 7.15. The van der Waals surface area contributed by atoms with Crippen LogP contribution in [-0.2, 0) is 4.79 Å². The number of likely N-dealkylation sites (N-methyl/N-ethyl adjacent to an activating group) is 1. The Balaban J connectivity index is 1.54. The maximum atomic E-state index is 11.9. The minimum Gasteiger partial charge on any atom is -0.356 e. The molecule has 3 fully saturated rings. The number of amides is 1. The van der Waals surface area contributed by atoms with Gasteiger partial charge in [-0.25, -0.2) is 4.99 Å². The van der Waals surface area contributed by atoms with Crippen molar-refractivity contribution in [2.24, 2.45) is 10.9 Å². The second-order valence-electron chi connectivity index (χ2n) is 8.69. The second kappa shape index (κ2) is 9.07. The molecule has 0 aromatic heterocycles. The molecule has 1 saturated heterocycles. The Kier molecular flexibility index (Phi) is 6.79. The average molecular weight is 364 g/mol. The molecule has 1 aliphatic heterocycles. The van der Waals surface area contributed by atoms with Gasteiger partial charge in [0, 0.05) is 45.3 Å². The SMILES string of the molecule is CC1CC(NC(=NCC(=O)N(C)C)NCC2CCCCC2)CN1C1CC1. The van der Waals surface area contributed by atoms with E-state index >= 15 is 0 Å². The molecule has 0 aromatic rings. The van der Waals surface area contributed by atoms with Gasteiger partial charge in [-0.1, -0.05) is 19.3 Å². The molecule has 0 aromatic carbocycles. The Bertz CT molecular complexity index is 496. The number of hydrogen-bond acceptors (Lipinski definition) is 3. The molecule has 0 spiro atoms. The number of carbonyl (C=O) groups excluding carboxylic acids is 1. The van der Waals surface area contributed by atoms with E-state index in [0.717, 1.165) is 37.4 Å². The number of nitrogens with zero attached hydrogens (tertiary/aromatic N) is 3. The number of guanidine groups is 1. The van der Waals surface area contributed by atoms with Crippen LogP contribution in [0.25, 0.3) is 0 Å². The van der Waals surface area contributed by atoms with Gasteiger partial charge < -0.3 is 15.5 Å². The van der Waals surface area contributed by atoms with Crippen LogP contribution in [0, 0.1) is 5.92 Å². The molecule has 1 amide bonds. The number of nitrogens with one attached hydrogen (secondary N) is 2. The summed E-state index contributed by atoms with van der Waals surface area (Å²) < 4.78 is 0. The third-order valence-electron chi connectivity index (χ3n) is 6.13. The van der Waals surface area contributed by atoms with Crippen LogP contribution in [0.1, 0.15) is 58.3 Å². The molecule has 0 radical (unpaired) electrons. The van der Waals surface area contributed by atoms with E-state index in [-0.39, 0.29) is 12.5 Å². The summed E-state index contributed by atoms with van der Waals surface area (Å²) in [6.07, 6.45) is 10.6. The van der Waals surface area contributed by atoms with E-state index in [1.165, 1.54) is 44.9 Å². The van der Waals surface area contributed by atoms with Gasteiger partial charge in [-0.3, -0.25) is 9.69 Å². The fourth-order valence-corrected chi connectivity index (χ4v) is 4.34. The first-order valence-corrected chi connectivity index (χ1v) is 10.5. The highest BCUT2D eigenvalue weighted by atomic mass is 16.2. The van der Waals surface area contributed by atoms with Crippen molar-refractivity contribution in [2.75, 3.05) is 33.7 Å². The van der Waals surface area contributed by atoms with E-state index in [1.807, 2.05) is 0 Å². The fourth-order valence-electron chi connectivity index (χ4n) is 4.34. The summed E-state index contributed by atoms with van der Waals surface area (Å²) in [7, 11) is 3.57. The lowest BCUT2D eigenvalue weighted by molar-refractivity contribution is -0.127. The molecule has 26 heavy (non-hydrogen) atoms. The Morgan fingerprint density at radius 2 is 1.88 bits per heavy atom. The van der Waals surface area contributed by atoms with Crippen LogP contribution in [-0.4, -0.2) is 73.5 Å². The molecule has 6 heteroatoms. The predicted octanol–water partition coefficient (Wildman–Crippen LogP) is 1.82. The van der Waals surface area contributed by atoms with Gasteiger partial charge in [0.15, 0.2) is 5.96 Å². The number of rotatable bonds is 6. The van der Waals surface area contributed by atoms with Gasteiger partial charge in [-0.05, 0) is 44.9 Å². The molecule has 2 aliphatic carbocycles. The van der Waals surface area contributed by atoms with Crippen LogP contribution in [0.4, 0.5) is 0 Å². The molecular formula is C20H37N5O. The molecule has 1 heterocycles. The molecular weight excluding hydrogens is 326 g/mol. The zero-order valence-corrected chi connectivity index (χ0v) is 16.8. The van der Waals surface area contributed by atoms with E-state index < -0.39 is 0 Å².